The first-order valence-electron chi connectivity index (χ1n) is 5.05. The lowest BCUT2D eigenvalue weighted by molar-refractivity contribution is -0.131. The highest BCUT2D eigenvalue weighted by molar-refractivity contribution is 5.80. The van der Waals surface area contributed by atoms with Crippen LogP contribution in [0.25, 0.3) is 0 Å². The molecule has 0 radical (unpaired) electrons. The third-order valence-electron chi connectivity index (χ3n) is 2.06. The van der Waals surface area contributed by atoms with E-state index < -0.39 is 5.97 Å². The van der Waals surface area contributed by atoms with Crippen molar-refractivity contribution in [2.45, 2.75) is 13.5 Å². The number of rotatable bonds is 5. The highest BCUT2D eigenvalue weighted by atomic mass is 16.4. The number of aromatic nitrogens is 1. The quantitative estimate of drug-likeness (QED) is 0.765. The summed E-state index contributed by atoms with van der Waals surface area (Å²) in [6, 6.07) is 3.89. The summed E-state index contributed by atoms with van der Waals surface area (Å²) in [5.74, 6) is -0.896. The molecule has 0 aliphatic rings. The lowest BCUT2D eigenvalue weighted by Crippen LogP contribution is -2.20. The van der Waals surface area contributed by atoms with Gasteiger partial charge in [-0.2, -0.15) is 0 Å². The molecule has 1 N–H and O–H groups in total. The van der Waals surface area contributed by atoms with Crippen molar-refractivity contribution < 1.29 is 9.90 Å². The van der Waals surface area contributed by atoms with E-state index in [2.05, 4.69) is 4.98 Å². The SMILES string of the molecule is CC(=CC(=O)O)CN(C)Cc1cccnc1. The number of nitrogens with zero attached hydrogens (tertiary/aromatic N) is 2. The maximum absolute atomic E-state index is 10.4. The van der Waals surface area contributed by atoms with E-state index in [9.17, 15) is 4.79 Å². The number of pyridine rings is 1. The first kappa shape index (κ1) is 12.4. The number of carbonyl (C=O) groups is 1. The molecule has 0 aliphatic heterocycles. The van der Waals surface area contributed by atoms with Gasteiger partial charge in [0.25, 0.3) is 0 Å². The molecule has 1 aromatic heterocycles. The second kappa shape index (κ2) is 6.02. The highest BCUT2D eigenvalue weighted by Gasteiger charge is 2.02. The summed E-state index contributed by atoms with van der Waals surface area (Å²) < 4.78 is 0. The van der Waals surface area contributed by atoms with E-state index in [1.807, 2.05) is 37.2 Å². The van der Waals surface area contributed by atoms with Gasteiger partial charge in [-0.15, -0.1) is 0 Å². The fourth-order valence-corrected chi connectivity index (χ4v) is 1.54. The van der Waals surface area contributed by atoms with Crippen molar-refractivity contribution in [1.29, 1.82) is 0 Å². The maximum atomic E-state index is 10.4. The fraction of sp³-hybridized carbons (Fsp3) is 0.333. The number of hydrogen-bond donors (Lipinski definition) is 1. The Labute approximate surface area is 95.2 Å². The van der Waals surface area contributed by atoms with Crippen molar-refractivity contribution in [2.75, 3.05) is 13.6 Å². The molecule has 0 atom stereocenters. The van der Waals surface area contributed by atoms with Crippen LogP contribution in [0.2, 0.25) is 0 Å². The van der Waals surface area contributed by atoms with Crippen LogP contribution in [-0.2, 0) is 11.3 Å². The summed E-state index contributed by atoms with van der Waals surface area (Å²) in [5.41, 5.74) is 1.95. The van der Waals surface area contributed by atoms with Gasteiger partial charge in [0.1, 0.15) is 0 Å². The van der Waals surface area contributed by atoms with E-state index in [-0.39, 0.29) is 0 Å². The van der Waals surface area contributed by atoms with Crippen LogP contribution in [0.4, 0.5) is 0 Å². The molecule has 1 heterocycles. The molecule has 0 saturated carbocycles. The molecule has 0 spiro atoms. The van der Waals surface area contributed by atoms with E-state index >= 15 is 0 Å². The van der Waals surface area contributed by atoms with Crippen LogP contribution in [0.15, 0.2) is 36.2 Å². The Morgan fingerprint density at radius 2 is 2.38 bits per heavy atom. The van der Waals surface area contributed by atoms with Gasteiger partial charge < -0.3 is 5.11 Å². The van der Waals surface area contributed by atoms with Gasteiger partial charge in [-0.25, -0.2) is 4.79 Å². The van der Waals surface area contributed by atoms with Gasteiger partial charge in [-0.05, 0) is 25.6 Å². The summed E-state index contributed by atoms with van der Waals surface area (Å²) in [6.45, 7) is 3.22. The number of aliphatic carboxylic acids is 1. The smallest absolute Gasteiger partial charge is 0.328 e. The summed E-state index contributed by atoms with van der Waals surface area (Å²) in [4.78, 5) is 16.5. The van der Waals surface area contributed by atoms with Gasteiger partial charge in [0, 0.05) is 31.6 Å². The predicted octanol–water partition coefficient (Wildman–Crippen LogP) is 1.54. The van der Waals surface area contributed by atoms with Gasteiger partial charge in [0.15, 0.2) is 0 Å². The van der Waals surface area contributed by atoms with Crippen molar-refractivity contribution >= 4 is 5.97 Å². The van der Waals surface area contributed by atoms with Gasteiger partial charge in [0.2, 0.25) is 0 Å². The molecular formula is C12H16N2O2. The first-order chi connectivity index (χ1) is 7.58. The lowest BCUT2D eigenvalue weighted by Gasteiger charge is -2.16. The molecule has 1 rings (SSSR count). The minimum atomic E-state index is -0.896. The van der Waals surface area contributed by atoms with Gasteiger partial charge >= 0.3 is 5.97 Å². The minimum Gasteiger partial charge on any atom is -0.478 e. The van der Waals surface area contributed by atoms with Gasteiger partial charge in [0.05, 0.1) is 0 Å². The molecular weight excluding hydrogens is 204 g/mol. The normalized spacial score (nSPS) is 11.8. The monoisotopic (exact) mass is 220 g/mol. The molecule has 0 fully saturated rings. The van der Waals surface area contributed by atoms with Crippen molar-refractivity contribution in [3.63, 3.8) is 0 Å². The van der Waals surface area contributed by atoms with Crippen molar-refractivity contribution in [3.05, 3.63) is 41.7 Å². The van der Waals surface area contributed by atoms with E-state index in [1.165, 1.54) is 6.08 Å². The Morgan fingerprint density at radius 1 is 1.62 bits per heavy atom. The minimum absolute atomic E-state index is 0.640. The number of carboxylic acids is 1. The first-order valence-corrected chi connectivity index (χ1v) is 5.05. The highest BCUT2D eigenvalue weighted by Crippen LogP contribution is 2.03. The maximum Gasteiger partial charge on any atom is 0.328 e. The van der Waals surface area contributed by atoms with Crippen molar-refractivity contribution in [3.8, 4) is 0 Å². The molecule has 0 aliphatic carbocycles. The topological polar surface area (TPSA) is 53.4 Å². The molecule has 0 aromatic carbocycles. The van der Waals surface area contributed by atoms with Crippen molar-refractivity contribution in [1.82, 2.24) is 9.88 Å². The fourth-order valence-electron chi connectivity index (χ4n) is 1.54. The third-order valence-corrected chi connectivity index (χ3v) is 2.06. The molecule has 0 unspecified atom stereocenters. The summed E-state index contributed by atoms with van der Waals surface area (Å²) >= 11 is 0. The van der Waals surface area contributed by atoms with E-state index in [1.54, 1.807) is 6.20 Å². The lowest BCUT2D eigenvalue weighted by atomic mass is 10.2. The van der Waals surface area contributed by atoms with Crippen LogP contribution in [0.5, 0.6) is 0 Å². The largest absolute Gasteiger partial charge is 0.478 e. The average molecular weight is 220 g/mol. The number of hydrogen-bond acceptors (Lipinski definition) is 3. The van der Waals surface area contributed by atoms with Crippen LogP contribution in [0.1, 0.15) is 12.5 Å². The zero-order valence-electron chi connectivity index (χ0n) is 9.55. The van der Waals surface area contributed by atoms with Crippen LogP contribution in [-0.4, -0.2) is 34.6 Å². The number of carboxylic acid groups (broad SMARTS) is 1. The Hall–Kier alpha value is -1.68. The second-order valence-electron chi connectivity index (χ2n) is 3.86. The Morgan fingerprint density at radius 3 is 2.94 bits per heavy atom. The van der Waals surface area contributed by atoms with Crippen LogP contribution < -0.4 is 0 Å². The predicted molar refractivity (Wildman–Crippen MR) is 62.0 cm³/mol. The average Bonchev–Trinajstić information content (AvgIpc) is 2.17. The molecule has 1 aromatic rings. The Kier molecular flexibility index (Phi) is 4.66. The molecule has 86 valence electrons. The van der Waals surface area contributed by atoms with Gasteiger partial charge in [-0.3, -0.25) is 9.88 Å². The number of likely N-dealkylation sites (N-methyl/N-ethyl adjacent to an activating group) is 1. The zero-order valence-corrected chi connectivity index (χ0v) is 9.55. The van der Waals surface area contributed by atoms with E-state index in [4.69, 9.17) is 5.11 Å². The third kappa shape index (κ3) is 4.70. The van der Waals surface area contributed by atoms with Crippen LogP contribution in [0.3, 0.4) is 0 Å². The van der Waals surface area contributed by atoms with Crippen molar-refractivity contribution in [2.24, 2.45) is 0 Å². The van der Waals surface area contributed by atoms with Crippen LogP contribution >= 0.6 is 0 Å². The molecule has 0 amide bonds. The summed E-state index contributed by atoms with van der Waals surface area (Å²) in [5, 5.41) is 8.58. The summed E-state index contributed by atoms with van der Waals surface area (Å²) in [7, 11) is 1.95. The summed E-state index contributed by atoms with van der Waals surface area (Å²) in [6.07, 6.45) is 4.78. The standard InChI is InChI=1S/C12H16N2O2/c1-10(6-12(15)16)8-14(2)9-11-4-3-5-13-7-11/h3-7H,8-9H2,1-2H3,(H,15,16). The molecule has 0 bridgehead atoms. The van der Waals surface area contributed by atoms with E-state index in [0.717, 1.165) is 17.7 Å². The Bertz CT molecular complexity index is 374. The molecule has 4 heteroatoms. The molecule has 0 saturated heterocycles. The zero-order chi connectivity index (χ0) is 12.0. The molecule has 16 heavy (non-hydrogen) atoms. The van der Waals surface area contributed by atoms with Crippen LogP contribution in [0, 0.1) is 0 Å². The molecule has 4 nitrogen and oxygen atoms in total. The van der Waals surface area contributed by atoms with E-state index in [0.29, 0.717) is 6.54 Å². The van der Waals surface area contributed by atoms with Gasteiger partial charge in [-0.1, -0.05) is 11.6 Å². The second-order valence-corrected chi connectivity index (χ2v) is 3.86. The Balaban J connectivity index is 2.48.